The standard InChI is InChI=1S/C26H28N6O3/c1-19(33)28-10-2-14-35-25-8-3-20(17-21(25)18-27)24-9-11-29-26(31-24)30-22-4-6-23(7-5-22)32-12-15-34-16-13-32/h3-9,11,17H,2,10,12-16H2,1H3,(H,28,33)(H,29,30,31). The van der Waals surface area contributed by atoms with Crippen molar-refractivity contribution in [3.8, 4) is 23.1 Å². The molecule has 0 aliphatic carbocycles. The molecule has 1 saturated heterocycles. The number of benzene rings is 2. The molecule has 9 heteroatoms. The molecular formula is C26H28N6O3. The van der Waals surface area contributed by atoms with Crippen LogP contribution in [0, 0.1) is 11.3 Å². The molecule has 1 aliphatic rings. The first kappa shape index (κ1) is 24.0. The average molecular weight is 473 g/mol. The average Bonchev–Trinajstić information content (AvgIpc) is 2.89. The van der Waals surface area contributed by atoms with E-state index in [0.717, 1.165) is 43.2 Å². The molecule has 3 aromatic rings. The maximum Gasteiger partial charge on any atom is 0.227 e. The van der Waals surface area contributed by atoms with E-state index in [-0.39, 0.29) is 5.91 Å². The van der Waals surface area contributed by atoms with Gasteiger partial charge in [-0.15, -0.1) is 0 Å². The van der Waals surface area contributed by atoms with Crippen LogP contribution in [-0.4, -0.2) is 55.3 Å². The highest BCUT2D eigenvalue weighted by Crippen LogP contribution is 2.27. The smallest absolute Gasteiger partial charge is 0.227 e. The second-order valence-corrected chi connectivity index (χ2v) is 8.04. The Labute approximate surface area is 204 Å². The Morgan fingerprint density at radius 1 is 1.17 bits per heavy atom. The Bertz CT molecular complexity index is 1190. The van der Waals surface area contributed by atoms with Crippen LogP contribution in [0.3, 0.4) is 0 Å². The maximum atomic E-state index is 10.9. The summed E-state index contributed by atoms with van der Waals surface area (Å²) in [5.74, 6) is 0.904. The number of morpholine rings is 1. The van der Waals surface area contributed by atoms with Crippen LogP contribution in [0.1, 0.15) is 18.9 Å². The van der Waals surface area contributed by atoms with Crippen molar-refractivity contribution < 1.29 is 14.3 Å². The third-order valence-electron chi connectivity index (χ3n) is 5.50. The van der Waals surface area contributed by atoms with Crippen molar-refractivity contribution >= 4 is 23.2 Å². The number of rotatable bonds is 9. The fourth-order valence-electron chi connectivity index (χ4n) is 3.71. The Hall–Kier alpha value is -4.16. The van der Waals surface area contributed by atoms with Gasteiger partial charge in [0.1, 0.15) is 11.8 Å². The van der Waals surface area contributed by atoms with Gasteiger partial charge in [0.05, 0.1) is 31.1 Å². The molecule has 2 aromatic carbocycles. The highest BCUT2D eigenvalue weighted by atomic mass is 16.5. The fourth-order valence-corrected chi connectivity index (χ4v) is 3.71. The molecule has 0 unspecified atom stereocenters. The van der Waals surface area contributed by atoms with E-state index < -0.39 is 0 Å². The molecule has 1 fully saturated rings. The number of anilines is 3. The lowest BCUT2D eigenvalue weighted by Crippen LogP contribution is -2.36. The van der Waals surface area contributed by atoms with E-state index >= 15 is 0 Å². The largest absolute Gasteiger partial charge is 0.492 e. The SMILES string of the molecule is CC(=O)NCCCOc1ccc(-c2ccnc(Nc3ccc(N4CCOCC4)cc3)n2)cc1C#N. The minimum atomic E-state index is -0.0734. The van der Waals surface area contributed by atoms with E-state index in [4.69, 9.17) is 9.47 Å². The molecule has 2 heterocycles. The molecular weight excluding hydrogens is 444 g/mol. The summed E-state index contributed by atoms with van der Waals surface area (Å²) in [6, 6.07) is 17.5. The summed E-state index contributed by atoms with van der Waals surface area (Å²) in [7, 11) is 0. The maximum absolute atomic E-state index is 10.9. The monoisotopic (exact) mass is 472 g/mol. The summed E-state index contributed by atoms with van der Waals surface area (Å²) < 4.78 is 11.1. The number of carbonyl (C=O) groups is 1. The first-order valence-electron chi connectivity index (χ1n) is 11.6. The lowest BCUT2D eigenvalue weighted by Gasteiger charge is -2.28. The molecule has 0 bridgehead atoms. The molecule has 180 valence electrons. The fraction of sp³-hybridized carbons (Fsp3) is 0.308. The van der Waals surface area contributed by atoms with Gasteiger partial charge in [0, 0.05) is 49.7 Å². The summed E-state index contributed by atoms with van der Waals surface area (Å²) in [4.78, 5) is 22.2. The molecule has 0 spiro atoms. The van der Waals surface area contributed by atoms with E-state index in [1.165, 1.54) is 6.92 Å². The van der Waals surface area contributed by atoms with Crippen molar-refractivity contribution in [1.82, 2.24) is 15.3 Å². The molecule has 1 aliphatic heterocycles. The molecule has 0 radical (unpaired) electrons. The van der Waals surface area contributed by atoms with E-state index in [1.807, 2.05) is 18.2 Å². The number of nitriles is 1. The van der Waals surface area contributed by atoms with Crippen LogP contribution in [0.5, 0.6) is 5.75 Å². The predicted molar refractivity (Wildman–Crippen MR) is 134 cm³/mol. The van der Waals surface area contributed by atoms with Crippen LogP contribution >= 0.6 is 0 Å². The summed E-state index contributed by atoms with van der Waals surface area (Å²) in [5, 5.41) is 15.6. The van der Waals surface area contributed by atoms with E-state index in [9.17, 15) is 10.1 Å². The lowest BCUT2D eigenvalue weighted by molar-refractivity contribution is -0.118. The molecule has 1 amide bonds. The number of nitrogens with zero attached hydrogens (tertiary/aromatic N) is 4. The zero-order valence-electron chi connectivity index (χ0n) is 19.7. The van der Waals surface area contributed by atoms with Crippen molar-refractivity contribution in [1.29, 1.82) is 5.26 Å². The van der Waals surface area contributed by atoms with Gasteiger partial charge in [-0.3, -0.25) is 4.79 Å². The summed E-state index contributed by atoms with van der Waals surface area (Å²) >= 11 is 0. The molecule has 35 heavy (non-hydrogen) atoms. The van der Waals surface area contributed by atoms with Gasteiger partial charge >= 0.3 is 0 Å². The first-order chi connectivity index (χ1) is 17.1. The molecule has 0 atom stereocenters. The van der Waals surface area contributed by atoms with Crippen molar-refractivity contribution in [2.24, 2.45) is 0 Å². The van der Waals surface area contributed by atoms with Gasteiger partial charge in [0.15, 0.2) is 0 Å². The van der Waals surface area contributed by atoms with Gasteiger partial charge in [-0.1, -0.05) is 0 Å². The Morgan fingerprint density at radius 3 is 2.71 bits per heavy atom. The topological polar surface area (TPSA) is 112 Å². The van der Waals surface area contributed by atoms with Crippen LogP contribution in [-0.2, 0) is 9.53 Å². The second kappa shape index (κ2) is 11.8. The Balaban J connectivity index is 1.40. The lowest BCUT2D eigenvalue weighted by atomic mass is 10.1. The van der Waals surface area contributed by atoms with Gasteiger partial charge in [0.25, 0.3) is 0 Å². The van der Waals surface area contributed by atoms with Crippen LogP contribution in [0.2, 0.25) is 0 Å². The van der Waals surface area contributed by atoms with Gasteiger partial charge in [-0.25, -0.2) is 9.97 Å². The van der Waals surface area contributed by atoms with E-state index in [2.05, 4.69) is 43.7 Å². The number of carbonyl (C=O) groups excluding carboxylic acids is 1. The van der Waals surface area contributed by atoms with E-state index in [0.29, 0.717) is 42.5 Å². The van der Waals surface area contributed by atoms with Crippen molar-refractivity contribution in [2.75, 3.05) is 49.7 Å². The van der Waals surface area contributed by atoms with Crippen molar-refractivity contribution in [3.05, 3.63) is 60.3 Å². The molecule has 1 aromatic heterocycles. The number of amides is 1. The summed E-state index contributed by atoms with van der Waals surface area (Å²) in [5.41, 5.74) is 3.96. The highest BCUT2D eigenvalue weighted by Gasteiger charge is 2.12. The minimum absolute atomic E-state index is 0.0734. The number of ether oxygens (including phenoxy) is 2. The van der Waals surface area contributed by atoms with Crippen LogP contribution in [0.4, 0.5) is 17.3 Å². The Kier molecular flexibility index (Phi) is 8.09. The zero-order chi connectivity index (χ0) is 24.5. The normalized spacial score (nSPS) is 13.1. The predicted octanol–water partition coefficient (Wildman–Crippen LogP) is 3.50. The number of hydrogen-bond acceptors (Lipinski definition) is 8. The first-order valence-corrected chi connectivity index (χ1v) is 11.6. The van der Waals surface area contributed by atoms with Crippen LogP contribution < -0.4 is 20.3 Å². The second-order valence-electron chi connectivity index (χ2n) is 8.04. The van der Waals surface area contributed by atoms with Gasteiger partial charge in [0.2, 0.25) is 11.9 Å². The molecule has 4 rings (SSSR count). The highest BCUT2D eigenvalue weighted by molar-refractivity contribution is 5.72. The number of aromatic nitrogens is 2. The van der Waals surface area contributed by atoms with Gasteiger partial charge in [-0.05, 0) is 55.0 Å². The molecule has 0 saturated carbocycles. The quantitative estimate of drug-likeness (QED) is 0.455. The Morgan fingerprint density at radius 2 is 1.97 bits per heavy atom. The third-order valence-corrected chi connectivity index (χ3v) is 5.50. The van der Waals surface area contributed by atoms with Crippen LogP contribution in [0.25, 0.3) is 11.3 Å². The van der Waals surface area contributed by atoms with Crippen LogP contribution in [0.15, 0.2) is 54.7 Å². The van der Waals surface area contributed by atoms with Gasteiger partial charge in [-0.2, -0.15) is 5.26 Å². The number of nitrogens with one attached hydrogen (secondary N) is 2. The van der Waals surface area contributed by atoms with Gasteiger partial charge < -0.3 is 25.0 Å². The van der Waals surface area contributed by atoms with Crippen molar-refractivity contribution in [2.45, 2.75) is 13.3 Å². The van der Waals surface area contributed by atoms with Crippen molar-refractivity contribution in [3.63, 3.8) is 0 Å². The third kappa shape index (κ3) is 6.68. The summed E-state index contributed by atoms with van der Waals surface area (Å²) in [6.07, 6.45) is 2.34. The summed E-state index contributed by atoms with van der Waals surface area (Å²) in [6.45, 7) is 5.69. The zero-order valence-corrected chi connectivity index (χ0v) is 19.7. The minimum Gasteiger partial charge on any atom is -0.492 e. The number of hydrogen-bond donors (Lipinski definition) is 2. The van der Waals surface area contributed by atoms with E-state index in [1.54, 1.807) is 24.4 Å². The molecule has 2 N–H and O–H groups in total. The molecule has 9 nitrogen and oxygen atoms in total.